The third kappa shape index (κ3) is 3.36. The number of hydrogen-bond donors (Lipinski definition) is 1. The zero-order chi connectivity index (χ0) is 18.0. The predicted molar refractivity (Wildman–Crippen MR) is 72.9 cm³/mol. The molecule has 0 unspecified atom stereocenters. The molecular formula is C15H16F5NO3. The van der Waals surface area contributed by atoms with E-state index in [0.29, 0.717) is 0 Å². The van der Waals surface area contributed by atoms with E-state index in [0.717, 1.165) is 19.4 Å². The van der Waals surface area contributed by atoms with Gasteiger partial charge in [-0.1, -0.05) is 0 Å². The molecule has 3 atom stereocenters. The highest BCUT2D eigenvalue weighted by molar-refractivity contribution is 5.75. The molecule has 1 aromatic carbocycles. The summed E-state index contributed by atoms with van der Waals surface area (Å²) in [5.41, 5.74) is 0. The van der Waals surface area contributed by atoms with Crippen LogP contribution in [0.25, 0.3) is 0 Å². The SMILES string of the molecule is CO[C@@H]([C@@H]1CCCN1)[C@@H](C)C(=O)Oc1c(F)c(F)c(F)c(F)c1F. The van der Waals surface area contributed by atoms with Gasteiger partial charge in [0, 0.05) is 13.2 Å². The molecule has 1 aromatic rings. The fraction of sp³-hybridized carbons (Fsp3) is 0.533. The summed E-state index contributed by atoms with van der Waals surface area (Å²) in [6, 6.07) is -0.172. The molecular weight excluding hydrogens is 337 g/mol. The van der Waals surface area contributed by atoms with Gasteiger partial charge in [-0.2, -0.15) is 8.78 Å². The van der Waals surface area contributed by atoms with Crippen molar-refractivity contribution in [1.82, 2.24) is 5.32 Å². The Labute approximate surface area is 134 Å². The van der Waals surface area contributed by atoms with E-state index in [2.05, 4.69) is 10.1 Å². The summed E-state index contributed by atoms with van der Waals surface area (Å²) in [7, 11) is 1.35. The van der Waals surface area contributed by atoms with Gasteiger partial charge in [-0.15, -0.1) is 0 Å². The molecule has 1 aliphatic heterocycles. The van der Waals surface area contributed by atoms with Crippen LogP contribution in [0.1, 0.15) is 19.8 Å². The van der Waals surface area contributed by atoms with Crippen molar-refractivity contribution >= 4 is 5.97 Å². The summed E-state index contributed by atoms with van der Waals surface area (Å²) in [6.07, 6.45) is 0.920. The molecule has 134 valence electrons. The van der Waals surface area contributed by atoms with Crippen LogP contribution in [0.5, 0.6) is 5.75 Å². The van der Waals surface area contributed by atoms with Gasteiger partial charge in [-0.3, -0.25) is 4.79 Å². The van der Waals surface area contributed by atoms with Crippen molar-refractivity contribution in [2.75, 3.05) is 13.7 Å². The van der Waals surface area contributed by atoms with Crippen molar-refractivity contribution in [2.24, 2.45) is 5.92 Å². The molecule has 2 rings (SSSR count). The van der Waals surface area contributed by atoms with Gasteiger partial charge < -0.3 is 14.8 Å². The van der Waals surface area contributed by atoms with Crippen LogP contribution in [-0.4, -0.2) is 31.8 Å². The van der Waals surface area contributed by atoms with Gasteiger partial charge in [0.05, 0.1) is 12.0 Å². The van der Waals surface area contributed by atoms with Gasteiger partial charge in [0.2, 0.25) is 34.8 Å². The molecule has 4 nitrogen and oxygen atoms in total. The van der Waals surface area contributed by atoms with E-state index in [4.69, 9.17) is 4.74 Å². The lowest BCUT2D eigenvalue weighted by Gasteiger charge is -2.27. The number of methoxy groups -OCH3 is 1. The van der Waals surface area contributed by atoms with Gasteiger partial charge >= 0.3 is 5.97 Å². The van der Waals surface area contributed by atoms with E-state index in [1.807, 2.05) is 0 Å². The topological polar surface area (TPSA) is 47.6 Å². The number of esters is 1. The van der Waals surface area contributed by atoms with Crippen molar-refractivity contribution in [2.45, 2.75) is 31.9 Å². The number of rotatable bonds is 5. The second-order valence-corrected chi connectivity index (χ2v) is 5.51. The van der Waals surface area contributed by atoms with Crippen molar-refractivity contribution in [3.8, 4) is 5.75 Å². The first-order valence-corrected chi connectivity index (χ1v) is 7.28. The van der Waals surface area contributed by atoms with E-state index < -0.39 is 52.8 Å². The van der Waals surface area contributed by atoms with Crippen LogP contribution in [0.15, 0.2) is 0 Å². The zero-order valence-electron chi connectivity index (χ0n) is 13.0. The molecule has 0 aliphatic carbocycles. The maximum atomic E-state index is 13.6. The highest BCUT2D eigenvalue weighted by Gasteiger charge is 2.36. The molecule has 0 amide bonds. The number of carbonyl (C=O) groups is 1. The van der Waals surface area contributed by atoms with Crippen LogP contribution >= 0.6 is 0 Å². The average molecular weight is 353 g/mol. The van der Waals surface area contributed by atoms with Crippen LogP contribution in [-0.2, 0) is 9.53 Å². The minimum Gasteiger partial charge on any atom is -0.420 e. The summed E-state index contributed by atoms with van der Waals surface area (Å²) in [5.74, 6) is -14.8. The van der Waals surface area contributed by atoms with E-state index in [9.17, 15) is 26.7 Å². The first kappa shape index (κ1) is 18.6. The Bertz CT molecular complexity index is 605. The van der Waals surface area contributed by atoms with Crippen LogP contribution in [0.2, 0.25) is 0 Å². The van der Waals surface area contributed by atoms with E-state index in [1.165, 1.54) is 14.0 Å². The first-order chi connectivity index (χ1) is 11.3. The van der Waals surface area contributed by atoms with Gasteiger partial charge in [0.1, 0.15) is 0 Å². The van der Waals surface area contributed by atoms with E-state index >= 15 is 0 Å². The van der Waals surface area contributed by atoms with Crippen molar-refractivity contribution < 1.29 is 36.2 Å². The first-order valence-electron chi connectivity index (χ1n) is 7.28. The lowest BCUT2D eigenvalue weighted by Crippen LogP contribution is -2.44. The average Bonchev–Trinajstić information content (AvgIpc) is 3.09. The minimum absolute atomic E-state index is 0.172. The summed E-state index contributed by atoms with van der Waals surface area (Å²) >= 11 is 0. The maximum Gasteiger partial charge on any atom is 0.316 e. The summed E-state index contributed by atoms with van der Waals surface area (Å²) < 4.78 is 76.1. The summed E-state index contributed by atoms with van der Waals surface area (Å²) in [4.78, 5) is 12.1. The third-order valence-corrected chi connectivity index (χ3v) is 4.00. The quantitative estimate of drug-likeness (QED) is 0.291. The molecule has 9 heteroatoms. The normalized spacial score (nSPS) is 20.0. The van der Waals surface area contributed by atoms with Crippen LogP contribution in [0.4, 0.5) is 22.0 Å². The Hall–Kier alpha value is -1.74. The Morgan fingerprint density at radius 1 is 1.08 bits per heavy atom. The molecule has 1 fully saturated rings. The Morgan fingerprint density at radius 3 is 2.08 bits per heavy atom. The second-order valence-electron chi connectivity index (χ2n) is 5.51. The number of benzene rings is 1. The third-order valence-electron chi connectivity index (χ3n) is 4.00. The van der Waals surface area contributed by atoms with Crippen LogP contribution < -0.4 is 10.1 Å². The van der Waals surface area contributed by atoms with Crippen LogP contribution in [0.3, 0.4) is 0 Å². The highest BCUT2D eigenvalue weighted by atomic mass is 19.2. The van der Waals surface area contributed by atoms with Crippen molar-refractivity contribution in [3.05, 3.63) is 29.1 Å². The van der Waals surface area contributed by atoms with E-state index in [-0.39, 0.29) is 6.04 Å². The molecule has 0 spiro atoms. The molecule has 0 radical (unpaired) electrons. The number of hydrogen-bond acceptors (Lipinski definition) is 4. The van der Waals surface area contributed by atoms with Crippen molar-refractivity contribution in [3.63, 3.8) is 0 Å². The Kier molecular flexibility index (Phi) is 5.76. The maximum absolute atomic E-state index is 13.6. The molecule has 24 heavy (non-hydrogen) atoms. The number of ether oxygens (including phenoxy) is 2. The monoisotopic (exact) mass is 353 g/mol. The van der Waals surface area contributed by atoms with Gasteiger partial charge in [-0.05, 0) is 26.3 Å². The van der Waals surface area contributed by atoms with Gasteiger partial charge in [0.15, 0.2) is 0 Å². The second kappa shape index (κ2) is 7.43. The van der Waals surface area contributed by atoms with Crippen molar-refractivity contribution in [1.29, 1.82) is 0 Å². The lowest BCUT2D eigenvalue weighted by molar-refractivity contribution is -0.144. The highest BCUT2D eigenvalue weighted by Crippen LogP contribution is 2.30. The zero-order valence-corrected chi connectivity index (χ0v) is 13.0. The molecule has 0 aromatic heterocycles. The lowest BCUT2D eigenvalue weighted by atomic mass is 9.96. The summed E-state index contributed by atoms with van der Waals surface area (Å²) in [6.45, 7) is 2.12. The molecule has 1 heterocycles. The fourth-order valence-electron chi connectivity index (χ4n) is 2.71. The van der Waals surface area contributed by atoms with E-state index in [1.54, 1.807) is 0 Å². The minimum atomic E-state index is -2.32. The van der Waals surface area contributed by atoms with Gasteiger partial charge in [0.25, 0.3) is 0 Å². The molecule has 1 saturated heterocycles. The number of halogens is 5. The smallest absolute Gasteiger partial charge is 0.316 e. The Balaban J connectivity index is 2.23. The fourth-order valence-corrected chi connectivity index (χ4v) is 2.71. The largest absolute Gasteiger partial charge is 0.420 e. The standard InChI is InChI=1S/C15H16F5NO3/c1-6(13(23-2)7-4-3-5-21-7)15(22)24-14-11(19)9(17)8(16)10(18)12(14)20/h6-7,13,21H,3-5H2,1-2H3/t6-,7+,13-/m1/s1. The van der Waals surface area contributed by atoms with Gasteiger partial charge in [-0.25, -0.2) is 13.2 Å². The molecule has 1 N–H and O–H groups in total. The van der Waals surface area contributed by atoms with Crippen LogP contribution in [0, 0.1) is 35.0 Å². The number of nitrogens with one attached hydrogen (secondary N) is 1. The Morgan fingerprint density at radius 2 is 1.62 bits per heavy atom. The molecule has 0 saturated carbocycles. The summed E-state index contributed by atoms with van der Waals surface area (Å²) in [5, 5.41) is 3.11. The molecule has 1 aliphatic rings. The molecule has 0 bridgehead atoms. The number of carbonyl (C=O) groups excluding carboxylic acids is 1. The predicted octanol–water partition coefficient (Wildman–Crippen LogP) is 2.69.